The first kappa shape index (κ1) is 18.6. The number of imide groups is 1. The average Bonchev–Trinajstić information content (AvgIpc) is 2.77. The average molecular weight is 356 g/mol. The lowest BCUT2D eigenvalue weighted by Gasteiger charge is -2.47. The Morgan fingerprint density at radius 1 is 1.19 bits per heavy atom. The minimum absolute atomic E-state index is 0.0612. The van der Waals surface area contributed by atoms with Gasteiger partial charge in [-0.1, -0.05) is 38.5 Å². The van der Waals surface area contributed by atoms with Crippen LogP contribution in [0.4, 0.5) is 5.69 Å². The molecule has 0 aromatic heterocycles. The van der Waals surface area contributed by atoms with Crippen LogP contribution in [0.2, 0.25) is 0 Å². The number of carbonyl (C=O) groups is 3. The second-order valence-electron chi connectivity index (χ2n) is 8.46. The quantitative estimate of drug-likeness (QED) is 0.821. The molecule has 5 nitrogen and oxygen atoms in total. The molecule has 2 aliphatic rings. The first-order chi connectivity index (χ1) is 12.2. The molecule has 1 aliphatic heterocycles. The molecule has 1 saturated carbocycles. The maximum atomic E-state index is 12.9. The number of carbonyl (C=O) groups excluding carboxylic acids is 3. The molecule has 1 aromatic carbocycles. The summed E-state index contributed by atoms with van der Waals surface area (Å²) in [6.07, 6.45) is 2.31. The van der Waals surface area contributed by atoms with Crippen LogP contribution in [0, 0.1) is 23.7 Å². The van der Waals surface area contributed by atoms with Crippen molar-refractivity contribution in [3.05, 3.63) is 29.8 Å². The Bertz CT molecular complexity index is 738. The molecule has 1 saturated heterocycles. The lowest BCUT2D eigenvalue weighted by Crippen LogP contribution is -2.59. The van der Waals surface area contributed by atoms with Crippen LogP contribution in [-0.4, -0.2) is 29.2 Å². The monoisotopic (exact) mass is 356 g/mol. The van der Waals surface area contributed by atoms with E-state index in [9.17, 15) is 14.4 Å². The topological polar surface area (TPSA) is 66.5 Å². The molecule has 26 heavy (non-hydrogen) atoms. The molecular weight excluding hydrogens is 328 g/mol. The van der Waals surface area contributed by atoms with Crippen LogP contribution in [0.1, 0.15) is 52.0 Å². The zero-order chi connectivity index (χ0) is 19.1. The molecule has 0 radical (unpaired) electrons. The SMILES string of the molecule is Cc1ccc(NC(=O)CCCN2C(=O)C3CCC(C)(C2=O)C3(C)C)cc1. The van der Waals surface area contributed by atoms with E-state index in [0.29, 0.717) is 13.0 Å². The fraction of sp³-hybridized carbons (Fsp3) is 0.571. The van der Waals surface area contributed by atoms with Crippen LogP contribution >= 0.6 is 0 Å². The zero-order valence-electron chi connectivity index (χ0n) is 16.1. The molecule has 0 spiro atoms. The standard InChI is InChI=1S/C21H28N2O3/c1-14-7-9-15(10-8-14)22-17(24)6-5-13-23-18(25)16-11-12-21(4,19(23)26)20(16,2)3/h7-10,16H,5-6,11-13H2,1-4H3,(H,22,24). The van der Waals surface area contributed by atoms with E-state index in [-0.39, 0.29) is 35.5 Å². The first-order valence-corrected chi connectivity index (χ1v) is 9.39. The van der Waals surface area contributed by atoms with Gasteiger partial charge in [0.25, 0.3) is 0 Å². The van der Waals surface area contributed by atoms with Crippen LogP contribution in [0.3, 0.4) is 0 Å². The predicted octanol–water partition coefficient (Wildman–Crippen LogP) is 3.53. The van der Waals surface area contributed by atoms with E-state index in [4.69, 9.17) is 0 Å². The molecule has 1 N–H and O–H groups in total. The Morgan fingerprint density at radius 3 is 2.50 bits per heavy atom. The number of nitrogens with zero attached hydrogens (tertiary/aromatic N) is 1. The van der Waals surface area contributed by atoms with Crippen molar-refractivity contribution in [3.8, 4) is 0 Å². The molecule has 5 heteroatoms. The molecule has 1 heterocycles. The highest BCUT2D eigenvalue weighted by molar-refractivity contribution is 6.03. The van der Waals surface area contributed by atoms with E-state index in [0.717, 1.165) is 24.1 Å². The van der Waals surface area contributed by atoms with Crippen LogP contribution in [0.15, 0.2) is 24.3 Å². The lowest BCUT2D eigenvalue weighted by atomic mass is 9.62. The summed E-state index contributed by atoms with van der Waals surface area (Å²) in [5.41, 5.74) is 1.13. The van der Waals surface area contributed by atoms with Crippen LogP contribution in [0.25, 0.3) is 0 Å². The van der Waals surface area contributed by atoms with Crippen molar-refractivity contribution in [1.82, 2.24) is 4.90 Å². The van der Waals surface area contributed by atoms with Crippen molar-refractivity contribution in [2.24, 2.45) is 16.7 Å². The Kier molecular flexibility index (Phi) is 4.67. The third-order valence-corrected chi connectivity index (χ3v) is 6.63. The molecular formula is C21H28N2O3. The van der Waals surface area contributed by atoms with Crippen molar-refractivity contribution in [2.75, 3.05) is 11.9 Å². The second kappa shape index (κ2) is 6.53. The molecule has 1 aromatic rings. The van der Waals surface area contributed by atoms with Gasteiger partial charge in [0.2, 0.25) is 17.7 Å². The predicted molar refractivity (Wildman–Crippen MR) is 100 cm³/mol. The fourth-order valence-corrected chi connectivity index (χ4v) is 4.37. The van der Waals surface area contributed by atoms with Gasteiger partial charge in [-0.15, -0.1) is 0 Å². The highest BCUT2D eigenvalue weighted by Crippen LogP contribution is 2.60. The summed E-state index contributed by atoms with van der Waals surface area (Å²) in [4.78, 5) is 39.2. The number of likely N-dealkylation sites (tertiary alicyclic amines) is 1. The lowest BCUT2D eigenvalue weighted by molar-refractivity contribution is -0.168. The molecule has 1 aliphatic carbocycles. The van der Waals surface area contributed by atoms with E-state index in [1.165, 1.54) is 4.90 Å². The van der Waals surface area contributed by atoms with E-state index in [1.54, 1.807) is 0 Å². The largest absolute Gasteiger partial charge is 0.326 e. The molecule has 3 amide bonds. The van der Waals surface area contributed by atoms with Gasteiger partial charge >= 0.3 is 0 Å². The summed E-state index contributed by atoms with van der Waals surface area (Å²) in [6, 6.07) is 7.62. The number of rotatable bonds is 5. The number of nitrogens with one attached hydrogen (secondary N) is 1. The summed E-state index contributed by atoms with van der Waals surface area (Å²) in [5, 5.41) is 2.85. The van der Waals surface area contributed by atoms with Gasteiger partial charge in [0.15, 0.2) is 0 Å². The third-order valence-electron chi connectivity index (χ3n) is 6.63. The highest BCUT2D eigenvalue weighted by atomic mass is 16.2. The minimum Gasteiger partial charge on any atom is -0.326 e. The summed E-state index contributed by atoms with van der Waals surface area (Å²) < 4.78 is 0. The number of fused-ring (bicyclic) bond motifs is 2. The number of piperidine rings is 1. The summed E-state index contributed by atoms with van der Waals surface area (Å²) in [5.74, 6) is -0.319. The van der Waals surface area contributed by atoms with E-state index in [1.807, 2.05) is 52.0 Å². The van der Waals surface area contributed by atoms with Gasteiger partial charge in [0.1, 0.15) is 0 Å². The Morgan fingerprint density at radius 2 is 1.85 bits per heavy atom. The van der Waals surface area contributed by atoms with Crippen LogP contribution in [0.5, 0.6) is 0 Å². The smallest absolute Gasteiger partial charge is 0.235 e. The number of anilines is 1. The Hall–Kier alpha value is -2.17. The van der Waals surface area contributed by atoms with Crippen molar-refractivity contribution in [1.29, 1.82) is 0 Å². The van der Waals surface area contributed by atoms with Gasteiger partial charge in [-0.2, -0.15) is 0 Å². The van der Waals surface area contributed by atoms with E-state index in [2.05, 4.69) is 5.32 Å². The molecule has 140 valence electrons. The van der Waals surface area contributed by atoms with Gasteiger partial charge in [-0.25, -0.2) is 0 Å². The Balaban J connectivity index is 1.57. The number of hydrogen-bond donors (Lipinski definition) is 1. The van der Waals surface area contributed by atoms with E-state index < -0.39 is 5.41 Å². The van der Waals surface area contributed by atoms with Crippen LogP contribution < -0.4 is 5.32 Å². The van der Waals surface area contributed by atoms with E-state index >= 15 is 0 Å². The highest BCUT2D eigenvalue weighted by Gasteiger charge is 2.64. The minimum atomic E-state index is -0.476. The normalized spacial score (nSPS) is 26.9. The van der Waals surface area contributed by atoms with Gasteiger partial charge in [0, 0.05) is 24.6 Å². The van der Waals surface area contributed by atoms with Crippen molar-refractivity contribution >= 4 is 23.4 Å². The Labute approximate surface area is 155 Å². The van der Waals surface area contributed by atoms with Crippen molar-refractivity contribution in [3.63, 3.8) is 0 Å². The number of hydrogen-bond acceptors (Lipinski definition) is 3. The molecule has 3 rings (SSSR count). The zero-order valence-corrected chi connectivity index (χ0v) is 16.1. The molecule has 2 fully saturated rings. The van der Waals surface area contributed by atoms with Gasteiger partial charge in [-0.05, 0) is 43.7 Å². The van der Waals surface area contributed by atoms with Gasteiger partial charge < -0.3 is 5.32 Å². The van der Waals surface area contributed by atoms with Gasteiger partial charge in [-0.3, -0.25) is 19.3 Å². The fourth-order valence-electron chi connectivity index (χ4n) is 4.37. The van der Waals surface area contributed by atoms with Gasteiger partial charge in [0.05, 0.1) is 5.41 Å². The van der Waals surface area contributed by atoms with Crippen molar-refractivity contribution in [2.45, 2.75) is 53.4 Å². The van der Waals surface area contributed by atoms with Crippen molar-refractivity contribution < 1.29 is 14.4 Å². The molecule has 2 unspecified atom stereocenters. The maximum Gasteiger partial charge on any atom is 0.235 e. The number of amides is 3. The number of aryl methyl sites for hydroxylation is 1. The summed E-state index contributed by atoms with van der Waals surface area (Å²) in [7, 11) is 0. The number of benzene rings is 1. The summed E-state index contributed by atoms with van der Waals surface area (Å²) in [6.45, 7) is 8.37. The molecule has 2 atom stereocenters. The maximum absolute atomic E-state index is 12.9. The second-order valence-corrected chi connectivity index (χ2v) is 8.46. The third kappa shape index (κ3) is 2.93. The molecule has 2 bridgehead atoms. The first-order valence-electron chi connectivity index (χ1n) is 9.39. The van der Waals surface area contributed by atoms with Crippen LogP contribution in [-0.2, 0) is 14.4 Å². The summed E-state index contributed by atoms with van der Waals surface area (Å²) >= 11 is 0.